The Hall–Kier alpha value is -0.820. The molecule has 204 valence electrons. The van der Waals surface area contributed by atoms with Gasteiger partial charge in [0.05, 0.1) is 19.0 Å². The Morgan fingerprint density at radius 2 is 1.97 bits per heavy atom. The molecule has 1 fully saturated rings. The Labute approximate surface area is 210 Å². The lowest BCUT2D eigenvalue weighted by Crippen LogP contribution is -2.30. The first kappa shape index (κ1) is 29.7. The monoisotopic (exact) mass is 613 g/mol. The van der Waals surface area contributed by atoms with E-state index >= 15 is 0 Å². The number of fused-ring (bicyclic) bond motifs is 1. The van der Waals surface area contributed by atoms with Gasteiger partial charge in [-0.3, -0.25) is 18.9 Å². The zero-order valence-electron chi connectivity index (χ0n) is 18.3. The van der Waals surface area contributed by atoms with E-state index in [9.17, 15) is 28.3 Å². The number of phosphoric acid groups is 3. The molecule has 6 atom stereocenters. The predicted molar refractivity (Wildman–Crippen MR) is 126 cm³/mol. The number of hydrogen-bond donors (Lipinski definition) is 6. The fraction of sp³-hybridized carbons (Fsp3) is 0.615. The number of aromatic amines is 1. The first-order chi connectivity index (χ1) is 16.6. The molecule has 0 aliphatic carbocycles. The van der Waals surface area contributed by atoms with Gasteiger partial charge in [0.15, 0.2) is 11.2 Å². The first-order valence-electron chi connectivity index (χ1n) is 9.60. The number of phosphoric ester groups is 1. The van der Waals surface area contributed by atoms with Gasteiger partial charge in [-0.2, -0.15) is 13.6 Å². The quantitative estimate of drug-likeness (QED) is 0.111. The van der Waals surface area contributed by atoms with Crippen LogP contribution in [0.4, 0.5) is 5.95 Å². The lowest BCUT2D eigenvalue weighted by Gasteiger charge is -2.23. The minimum absolute atomic E-state index is 0.00621. The van der Waals surface area contributed by atoms with Gasteiger partial charge >= 0.3 is 23.5 Å². The average Bonchev–Trinajstić information content (AvgIpc) is 3.27. The number of hydrogen-bond acceptors (Lipinski definition) is 14. The molecule has 0 radical (unpaired) electrons. The van der Waals surface area contributed by atoms with Crippen LogP contribution in [-0.4, -0.2) is 69.6 Å². The summed E-state index contributed by atoms with van der Waals surface area (Å²) >= 11 is 0. The van der Waals surface area contributed by atoms with Gasteiger partial charge in [0, 0.05) is 6.42 Å². The van der Waals surface area contributed by atoms with Crippen LogP contribution in [0.25, 0.3) is 11.2 Å². The molecule has 23 heteroatoms. The van der Waals surface area contributed by atoms with Crippen LogP contribution in [0, 0.1) is 0 Å². The molecule has 1 aliphatic rings. The highest BCUT2D eigenvalue weighted by atomic mass is 33.1. The van der Waals surface area contributed by atoms with E-state index in [2.05, 4.69) is 23.6 Å². The Balaban J connectivity index is 1.78. The molecule has 3 rings (SSSR count). The topological polar surface area (TPSA) is 268 Å². The summed E-state index contributed by atoms with van der Waals surface area (Å²) < 4.78 is 59.8. The Morgan fingerprint density at radius 3 is 2.61 bits per heavy atom. The molecule has 0 amide bonds. The van der Waals surface area contributed by atoms with Crippen molar-refractivity contribution < 1.29 is 55.9 Å². The zero-order valence-corrected chi connectivity index (χ0v) is 22.7. The molecule has 3 unspecified atom stereocenters. The maximum absolute atomic E-state index is 12.1. The number of nitrogens with one attached hydrogen (secondary N) is 1. The number of nitrogens with two attached hydrogens (primary N) is 1. The fourth-order valence-electron chi connectivity index (χ4n) is 3.19. The number of anilines is 1. The van der Waals surface area contributed by atoms with Crippen LogP contribution in [0.3, 0.4) is 0 Å². The number of ether oxygens (including phenoxy) is 2. The molecular formula is C13H22N5O13P3S2. The highest BCUT2D eigenvalue weighted by Gasteiger charge is 2.44. The second kappa shape index (κ2) is 11.5. The van der Waals surface area contributed by atoms with E-state index < -0.39 is 54.1 Å². The zero-order chi connectivity index (χ0) is 26.9. The number of rotatable bonds is 12. The summed E-state index contributed by atoms with van der Waals surface area (Å²) in [6, 6.07) is 0. The molecule has 1 aliphatic heterocycles. The Morgan fingerprint density at radius 1 is 1.28 bits per heavy atom. The second-order valence-electron chi connectivity index (χ2n) is 7.03. The van der Waals surface area contributed by atoms with Crippen molar-refractivity contribution in [2.24, 2.45) is 0 Å². The van der Waals surface area contributed by atoms with Crippen LogP contribution < -0.4 is 11.3 Å². The lowest BCUT2D eigenvalue weighted by molar-refractivity contribution is -0.0617. The van der Waals surface area contributed by atoms with Crippen LogP contribution in [0.1, 0.15) is 19.6 Å². The molecule has 1 saturated heterocycles. The van der Waals surface area contributed by atoms with Gasteiger partial charge in [-0.15, -0.1) is 0 Å². The molecule has 36 heavy (non-hydrogen) atoms. The van der Waals surface area contributed by atoms with Crippen molar-refractivity contribution in [3.8, 4) is 0 Å². The summed E-state index contributed by atoms with van der Waals surface area (Å²) in [4.78, 5) is 58.8. The SMILES string of the molecule is CSS[C@H](C)OC1C[C@H](n2cnc3c(=O)[nH]c(N)nc32)O[C@@H]1COP(=O)(O)OP(=O)(O)OP(=O)(O)O. The molecule has 18 nitrogen and oxygen atoms in total. The van der Waals surface area contributed by atoms with E-state index in [1.54, 1.807) is 6.92 Å². The summed E-state index contributed by atoms with van der Waals surface area (Å²) in [5.41, 5.74) is 4.78. The summed E-state index contributed by atoms with van der Waals surface area (Å²) in [7, 11) is -13.8. The van der Waals surface area contributed by atoms with Gasteiger partial charge in [-0.05, 0) is 13.2 Å². The standard InChI is InChI=1S/C13H22N5O13P3S2/c1-6(36-35-2)28-7-3-9(18-5-15-10-11(18)16-13(14)17-12(10)19)29-8(7)4-27-33(23,24)31-34(25,26)30-32(20,21)22/h5-9H,3-4H2,1-2H3,(H,23,24)(H,25,26)(H2,20,21,22)(H3,14,16,17,19)/t6-,7?,8-,9-/m1/s1. The van der Waals surface area contributed by atoms with Gasteiger partial charge in [0.1, 0.15) is 17.8 Å². The Bertz CT molecular complexity index is 1290. The number of aromatic nitrogens is 4. The number of H-pyrrole nitrogens is 1. The largest absolute Gasteiger partial charge is 0.490 e. The minimum atomic E-state index is -5.68. The van der Waals surface area contributed by atoms with E-state index in [0.717, 1.165) is 0 Å². The van der Waals surface area contributed by atoms with E-state index in [1.165, 1.54) is 32.5 Å². The summed E-state index contributed by atoms with van der Waals surface area (Å²) in [6.07, 6.45) is 0.615. The van der Waals surface area contributed by atoms with Gasteiger partial charge < -0.3 is 34.8 Å². The third-order valence-corrected chi connectivity index (χ3v) is 10.1. The van der Waals surface area contributed by atoms with Crippen molar-refractivity contribution in [3.63, 3.8) is 0 Å². The second-order valence-corrected chi connectivity index (χ2v) is 14.2. The normalized spacial score (nSPS) is 25.0. The molecule has 7 N–H and O–H groups in total. The number of imidazole rings is 1. The molecule has 3 heterocycles. The highest BCUT2D eigenvalue weighted by Crippen LogP contribution is 2.66. The maximum Gasteiger partial charge on any atom is 0.490 e. The average molecular weight is 613 g/mol. The molecular weight excluding hydrogens is 591 g/mol. The smallest absolute Gasteiger partial charge is 0.369 e. The van der Waals surface area contributed by atoms with Crippen molar-refractivity contribution in [1.29, 1.82) is 0 Å². The van der Waals surface area contributed by atoms with E-state index in [4.69, 9.17) is 29.5 Å². The summed E-state index contributed by atoms with van der Waals surface area (Å²) in [6.45, 7) is 1.03. The predicted octanol–water partition coefficient (Wildman–Crippen LogP) is 1.07. The molecule has 0 saturated carbocycles. The number of nitrogen functional groups attached to an aromatic ring is 1. The van der Waals surface area contributed by atoms with Crippen molar-refractivity contribution >= 4 is 62.2 Å². The van der Waals surface area contributed by atoms with Crippen molar-refractivity contribution in [1.82, 2.24) is 19.5 Å². The van der Waals surface area contributed by atoms with Crippen molar-refractivity contribution in [2.45, 2.75) is 37.2 Å². The minimum Gasteiger partial charge on any atom is -0.369 e. The van der Waals surface area contributed by atoms with E-state index in [-0.39, 0.29) is 29.0 Å². The first-order valence-corrected chi connectivity index (χ1v) is 16.7. The third-order valence-electron chi connectivity index (χ3n) is 4.36. The fourth-order valence-corrected chi connectivity index (χ4v) is 7.63. The molecule has 2 aromatic heterocycles. The van der Waals surface area contributed by atoms with Gasteiger partial charge in [0.2, 0.25) is 5.95 Å². The van der Waals surface area contributed by atoms with Crippen molar-refractivity contribution in [3.05, 3.63) is 16.7 Å². The van der Waals surface area contributed by atoms with E-state index in [1.807, 2.05) is 6.26 Å². The maximum atomic E-state index is 12.1. The Kier molecular flexibility index (Phi) is 9.51. The molecule has 0 spiro atoms. The number of nitrogens with zero attached hydrogens (tertiary/aromatic N) is 3. The molecule has 0 aromatic carbocycles. The van der Waals surface area contributed by atoms with Gasteiger partial charge in [-0.1, -0.05) is 21.6 Å². The molecule has 2 aromatic rings. The highest BCUT2D eigenvalue weighted by molar-refractivity contribution is 8.76. The van der Waals surface area contributed by atoms with Crippen LogP contribution in [-0.2, 0) is 36.3 Å². The van der Waals surface area contributed by atoms with Gasteiger partial charge in [-0.25, -0.2) is 18.7 Å². The van der Waals surface area contributed by atoms with E-state index in [0.29, 0.717) is 0 Å². The summed E-state index contributed by atoms with van der Waals surface area (Å²) in [5.74, 6) is -0.158. The van der Waals surface area contributed by atoms with Crippen LogP contribution in [0.15, 0.2) is 11.1 Å². The van der Waals surface area contributed by atoms with Crippen molar-refractivity contribution in [2.75, 3.05) is 18.6 Å². The van der Waals surface area contributed by atoms with Crippen LogP contribution >= 0.6 is 45.1 Å². The molecule has 0 bridgehead atoms. The lowest BCUT2D eigenvalue weighted by atomic mass is 10.2. The van der Waals surface area contributed by atoms with Crippen LogP contribution in [0.5, 0.6) is 0 Å². The summed E-state index contributed by atoms with van der Waals surface area (Å²) in [5, 5.41) is 0. The van der Waals surface area contributed by atoms with Gasteiger partial charge in [0.25, 0.3) is 5.56 Å². The van der Waals surface area contributed by atoms with Crippen LogP contribution in [0.2, 0.25) is 0 Å². The third kappa shape index (κ3) is 8.09.